The van der Waals surface area contributed by atoms with Crippen molar-refractivity contribution >= 4 is 23.6 Å². The third-order valence-electron chi connectivity index (χ3n) is 3.86. The number of carbonyl (C=O) groups excluding carboxylic acids is 1. The quantitative estimate of drug-likeness (QED) is 0.805. The number of carboxylic acid groups (broad SMARTS) is 1. The number of thioether (sulfide) groups is 1. The van der Waals surface area contributed by atoms with E-state index in [1.807, 2.05) is 18.2 Å². The molecule has 1 aliphatic rings. The van der Waals surface area contributed by atoms with Crippen molar-refractivity contribution in [1.82, 2.24) is 4.90 Å². The molecule has 0 heterocycles. The van der Waals surface area contributed by atoms with Crippen LogP contribution in [0.5, 0.6) is 0 Å². The normalized spacial score (nSPS) is 24.8. The Hall–Kier alpha value is -0.710. The van der Waals surface area contributed by atoms with Crippen LogP contribution < -0.4 is 0 Å². The van der Waals surface area contributed by atoms with Crippen molar-refractivity contribution < 1.29 is 14.7 Å². The Morgan fingerprint density at radius 3 is 2.44 bits per heavy atom. The first-order chi connectivity index (χ1) is 8.51. The number of hydrogen-bond acceptors (Lipinski definition) is 3. The molecule has 1 rings (SSSR count). The fourth-order valence-corrected chi connectivity index (χ4v) is 3.44. The van der Waals surface area contributed by atoms with Crippen LogP contribution in [0.25, 0.3) is 0 Å². The van der Waals surface area contributed by atoms with Gasteiger partial charge in [0.2, 0.25) is 5.91 Å². The second-order valence-corrected chi connectivity index (χ2v) is 5.92. The summed E-state index contributed by atoms with van der Waals surface area (Å²) in [4.78, 5) is 25.0. The summed E-state index contributed by atoms with van der Waals surface area (Å²) in [7, 11) is 1.85. The van der Waals surface area contributed by atoms with Gasteiger partial charge in [0.25, 0.3) is 0 Å². The van der Waals surface area contributed by atoms with Gasteiger partial charge >= 0.3 is 5.97 Å². The highest BCUT2D eigenvalue weighted by Gasteiger charge is 2.36. The Morgan fingerprint density at radius 1 is 1.39 bits per heavy atom. The molecular weight excluding hydrogens is 250 g/mol. The molecule has 0 aromatic heterocycles. The molecule has 104 valence electrons. The maximum absolute atomic E-state index is 12.3. The molecule has 3 unspecified atom stereocenters. The Morgan fingerprint density at radius 2 is 2.00 bits per heavy atom. The van der Waals surface area contributed by atoms with E-state index < -0.39 is 5.97 Å². The zero-order valence-electron chi connectivity index (χ0n) is 11.4. The SMILES string of the molecule is CCC(CSC)N(C)C(=O)C1CCC(C(=O)O)C1. The van der Waals surface area contributed by atoms with Crippen molar-refractivity contribution in [2.24, 2.45) is 11.8 Å². The van der Waals surface area contributed by atoms with Crippen LogP contribution in [0.15, 0.2) is 0 Å². The summed E-state index contributed by atoms with van der Waals surface area (Å²) in [6.45, 7) is 2.08. The third-order valence-corrected chi connectivity index (χ3v) is 4.57. The highest BCUT2D eigenvalue weighted by molar-refractivity contribution is 7.98. The van der Waals surface area contributed by atoms with Crippen LogP contribution in [0.4, 0.5) is 0 Å². The molecule has 5 heteroatoms. The van der Waals surface area contributed by atoms with E-state index in [9.17, 15) is 9.59 Å². The van der Waals surface area contributed by atoms with Crippen molar-refractivity contribution in [3.05, 3.63) is 0 Å². The van der Waals surface area contributed by atoms with E-state index in [0.717, 1.165) is 18.6 Å². The van der Waals surface area contributed by atoms with E-state index in [1.54, 1.807) is 11.8 Å². The molecular formula is C13H23NO3S. The van der Waals surface area contributed by atoms with Gasteiger partial charge in [-0.2, -0.15) is 11.8 Å². The number of carbonyl (C=O) groups is 2. The van der Waals surface area contributed by atoms with Crippen molar-refractivity contribution in [2.75, 3.05) is 19.1 Å². The molecule has 0 radical (unpaired) electrons. The van der Waals surface area contributed by atoms with Crippen LogP contribution in [0.2, 0.25) is 0 Å². The molecule has 0 bridgehead atoms. The summed E-state index contributed by atoms with van der Waals surface area (Å²) in [5.74, 6) is -0.114. The summed E-state index contributed by atoms with van der Waals surface area (Å²) in [5.41, 5.74) is 0. The largest absolute Gasteiger partial charge is 0.481 e. The number of aliphatic carboxylic acids is 1. The molecule has 0 spiro atoms. The Labute approximate surface area is 113 Å². The lowest BCUT2D eigenvalue weighted by Crippen LogP contribution is -2.41. The standard InChI is InChI=1S/C13H23NO3S/c1-4-11(8-18-3)14(2)12(15)9-5-6-10(7-9)13(16)17/h9-11H,4-8H2,1-3H3,(H,16,17). The molecule has 1 aliphatic carbocycles. The molecule has 4 nitrogen and oxygen atoms in total. The molecule has 1 N–H and O–H groups in total. The zero-order valence-corrected chi connectivity index (χ0v) is 12.2. The number of nitrogens with zero attached hydrogens (tertiary/aromatic N) is 1. The van der Waals surface area contributed by atoms with E-state index in [4.69, 9.17) is 5.11 Å². The summed E-state index contributed by atoms with van der Waals surface area (Å²) in [6.07, 6.45) is 4.85. The molecule has 0 aromatic carbocycles. The molecule has 0 aliphatic heterocycles. The van der Waals surface area contributed by atoms with Gasteiger partial charge in [0, 0.05) is 24.8 Å². The third kappa shape index (κ3) is 3.64. The minimum Gasteiger partial charge on any atom is -0.481 e. The molecule has 3 atom stereocenters. The molecule has 1 amide bonds. The second kappa shape index (κ2) is 7.02. The first kappa shape index (κ1) is 15.3. The summed E-state index contributed by atoms with van der Waals surface area (Å²) >= 11 is 1.74. The van der Waals surface area contributed by atoms with Gasteiger partial charge in [0.1, 0.15) is 0 Å². The number of rotatable bonds is 6. The second-order valence-electron chi connectivity index (χ2n) is 5.01. The van der Waals surface area contributed by atoms with E-state index in [2.05, 4.69) is 6.92 Å². The van der Waals surface area contributed by atoms with Crippen LogP contribution in [-0.2, 0) is 9.59 Å². The van der Waals surface area contributed by atoms with E-state index in [0.29, 0.717) is 12.8 Å². The Balaban J connectivity index is 2.56. The molecule has 18 heavy (non-hydrogen) atoms. The lowest BCUT2D eigenvalue weighted by molar-refractivity contribution is -0.141. The van der Waals surface area contributed by atoms with Crippen molar-refractivity contribution in [3.63, 3.8) is 0 Å². The molecule has 1 saturated carbocycles. The predicted octanol–water partition coefficient (Wildman–Crippen LogP) is 2.09. The number of hydrogen-bond donors (Lipinski definition) is 1. The van der Waals surface area contributed by atoms with Crippen LogP contribution in [0, 0.1) is 11.8 Å². The summed E-state index contributed by atoms with van der Waals surface area (Å²) < 4.78 is 0. The van der Waals surface area contributed by atoms with Crippen LogP contribution in [-0.4, -0.2) is 47.0 Å². The van der Waals surface area contributed by atoms with Gasteiger partial charge in [0.15, 0.2) is 0 Å². The topological polar surface area (TPSA) is 57.6 Å². The average Bonchev–Trinajstić information content (AvgIpc) is 2.83. The van der Waals surface area contributed by atoms with Gasteiger partial charge in [-0.1, -0.05) is 6.92 Å². The summed E-state index contributed by atoms with van der Waals surface area (Å²) in [5, 5.41) is 8.96. The minimum atomic E-state index is -0.760. The molecule has 0 aromatic rings. The lowest BCUT2D eigenvalue weighted by Gasteiger charge is -2.29. The monoisotopic (exact) mass is 273 g/mol. The Kier molecular flexibility index (Phi) is 5.99. The van der Waals surface area contributed by atoms with Crippen molar-refractivity contribution in [3.8, 4) is 0 Å². The van der Waals surface area contributed by atoms with Crippen LogP contribution >= 0.6 is 11.8 Å². The van der Waals surface area contributed by atoms with Crippen molar-refractivity contribution in [1.29, 1.82) is 0 Å². The first-order valence-corrected chi connectivity index (χ1v) is 7.89. The van der Waals surface area contributed by atoms with Gasteiger partial charge in [-0.3, -0.25) is 9.59 Å². The highest BCUT2D eigenvalue weighted by atomic mass is 32.2. The van der Waals surface area contributed by atoms with E-state index in [1.165, 1.54) is 0 Å². The van der Waals surface area contributed by atoms with Gasteiger partial charge in [-0.15, -0.1) is 0 Å². The first-order valence-electron chi connectivity index (χ1n) is 6.49. The number of carboxylic acids is 1. The Bertz CT molecular complexity index is 309. The lowest BCUT2D eigenvalue weighted by atomic mass is 10.0. The van der Waals surface area contributed by atoms with Gasteiger partial charge in [-0.05, 0) is 31.9 Å². The highest BCUT2D eigenvalue weighted by Crippen LogP contribution is 2.32. The van der Waals surface area contributed by atoms with Gasteiger partial charge in [-0.25, -0.2) is 0 Å². The van der Waals surface area contributed by atoms with Crippen molar-refractivity contribution in [2.45, 2.75) is 38.6 Å². The number of amides is 1. The maximum Gasteiger partial charge on any atom is 0.306 e. The van der Waals surface area contributed by atoms with E-state index in [-0.39, 0.29) is 23.8 Å². The zero-order chi connectivity index (χ0) is 13.7. The minimum absolute atomic E-state index is 0.0907. The van der Waals surface area contributed by atoms with E-state index >= 15 is 0 Å². The smallest absolute Gasteiger partial charge is 0.306 e. The fourth-order valence-electron chi connectivity index (χ4n) is 2.59. The van der Waals surface area contributed by atoms with Gasteiger partial charge in [0.05, 0.1) is 5.92 Å². The average molecular weight is 273 g/mol. The fraction of sp³-hybridized carbons (Fsp3) is 0.846. The van der Waals surface area contributed by atoms with Crippen LogP contribution in [0.3, 0.4) is 0 Å². The molecule has 1 fully saturated rings. The maximum atomic E-state index is 12.3. The predicted molar refractivity (Wildman–Crippen MR) is 73.7 cm³/mol. The molecule has 0 saturated heterocycles. The summed E-state index contributed by atoms with van der Waals surface area (Å²) in [6, 6.07) is 0.261. The van der Waals surface area contributed by atoms with Crippen LogP contribution in [0.1, 0.15) is 32.6 Å². The van der Waals surface area contributed by atoms with Gasteiger partial charge < -0.3 is 10.0 Å².